The number of H-pyrrole nitrogens is 1. The van der Waals surface area contributed by atoms with Crippen molar-refractivity contribution in [2.75, 3.05) is 13.1 Å². The molecule has 0 bridgehead atoms. The number of hydrogen-bond donors (Lipinski definition) is 1. The number of carbonyl (C=O) groups is 2. The predicted octanol–water partition coefficient (Wildman–Crippen LogP) is 2.30. The maximum atomic E-state index is 12.8. The summed E-state index contributed by atoms with van der Waals surface area (Å²) in [6.07, 6.45) is 4.37. The molecule has 126 valence electrons. The zero-order chi connectivity index (χ0) is 16.8. The number of aromatic amines is 1. The van der Waals surface area contributed by atoms with Crippen LogP contribution >= 0.6 is 0 Å². The number of imidazole rings is 1. The van der Waals surface area contributed by atoms with E-state index in [1.54, 1.807) is 11.1 Å². The first-order valence-electron chi connectivity index (χ1n) is 8.26. The summed E-state index contributed by atoms with van der Waals surface area (Å²) in [6.45, 7) is 8.54. The second kappa shape index (κ2) is 5.35. The number of aryl methyl sites for hydroxylation is 1. The van der Waals surface area contributed by atoms with E-state index in [1.165, 1.54) is 0 Å². The Morgan fingerprint density at radius 2 is 2.17 bits per heavy atom. The molecule has 2 atom stereocenters. The molecular formula is C17H25N3O3. The van der Waals surface area contributed by atoms with E-state index in [4.69, 9.17) is 4.74 Å². The van der Waals surface area contributed by atoms with E-state index in [9.17, 15) is 9.59 Å². The molecule has 1 N–H and O–H groups in total. The van der Waals surface area contributed by atoms with Gasteiger partial charge in [-0.1, -0.05) is 6.42 Å². The maximum absolute atomic E-state index is 12.8. The Hall–Kier alpha value is -1.85. The Bertz CT molecular complexity index is 631. The maximum Gasteiger partial charge on any atom is 0.314 e. The Kier molecular flexibility index (Phi) is 3.73. The zero-order valence-electron chi connectivity index (χ0n) is 14.3. The molecule has 1 aliphatic carbocycles. The van der Waals surface area contributed by atoms with Crippen LogP contribution < -0.4 is 0 Å². The molecule has 1 amide bonds. The van der Waals surface area contributed by atoms with E-state index >= 15 is 0 Å². The summed E-state index contributed by atoms with van der Waals surface area (Å²) >= 11 is 0. The fourth-order valence-corrected chi connectivity index (χ4v) is 3.86. The lowest BCUT2D eigenvalue weighted by Gasteiger charge is -2.30. The fourth-order valence-electron chi connectivity index (χ4n) is 3.86. The second-order valence-corrected chi connectivity index (χ2v) is 7.82. The van der Waals surface area contributed by atoms with Gasteiger partial charge in [-0.3, -0.25) is 9.59 Å². The second-order valence-electron chi connectivity index (χ2n) is 7.82. The smallest absolute Gasteiger partial charge is 0.314 e. The van der Waals surface area contributed by atoms with Crippen LogP contribution in [0.25, 0.3) is 0 Å². The predicted molar refractivity (Wildman–Crippen MR) is 84.8 cm³/mol. The highest BCUT2D eigenvalue weighted by Gasteiger charge is 2.57. The molecule has 2 aliphatic rings. The fraction of sp³-hybridized carbons (Fsp3) is 0.706. The van der Waals surface area contributed by atoms with E-state index in [0.717, 1.165) is 25.1 Å². The van der Waals surface area contributed by atoms with Crippen molar-refractivity contribution in [1.82, 2.24) is 14.9 Å². The third-order valence-corrected chi connectivity index (χ3v) is 4.90. The first-order chi connectivity index (χ1) is 10.7. The molecule has 2 fully saturated rings. The molecule has 1 saturated carbocycles. The molecule has 1 aromatic heterocycles. The molecule has 1 aliphatic heterocycles. The highest BCUT2D eigenvalue weighted by molar-refractivity contribution is 5.93. The molecule has 1 aromatic rings. The van der Waals surface area contributed by atoms with Crippen LogP contribution in [0.1, 0.15) is 56.3 Å². The normalized spacial score (nSPS) is 27.1. The van der Waals surface area contributed by atoms with Gasteiger partial charge < -0.3 is 14.6 Å². The van der Waals surface area contributed by atoms with E-state index in [2.05, 4.69) is 9.97 Å². The number of carbonyl (C=O) groups excluding carboxylic acids is 2. The van der Waals surface area contributed by atoms with Crippen LogP contribution in [-0.4, -0.2) is 45.4 Å². The van der Waals surface area contributed by atoms with Gasteiger partial charge in [0.05, 0.1) is 11.6 Å². The highest BCUT2D eigenvalue weighted by atomic mass is 16.6. The SMILES string of the molecule is Cc1ncc(C(=O)N2C[C@@H]3CCC[C@@]3(C(=O)OC(C)(C)C)C2)[nH]1. The topological polar surface area (TPSA) is 75.3 Å². The number of nitrogens with one attached hydrogen (secondary N) is 1. The van der Waals surface area contributed by atoms with E-state index in [-0.39, 0.29) is 17.8 Å². The van der Waals surface area contributed by atoms with Crippen molar-refractivity contribution in [3.8, 4) is 0 Å². The minimum Gasteiger partial charge on any atom is -0.459 e. The lowest BCUT2D eigenvalue weighted by atomic mass is 9.80. The van der Waals surface area contributed by atoms with Crippen LogP contribution in [0.2, 0.25) is 0 Å². The van der Waals surface area contributed by atoms with Crippen LogP contribution in [-0.2, 0) is 9.53 Å². The number of aromatic nitrogens is 2. The number of hydrogen-bond acceptors (Lipinski definition) is 4. The lowest BCUT2D eigenvalue weighted by molar-refractivity contribution is -0.168. The summed E-state index contributed by atoms with van der Waals surface area (Å²) in [5, 5.41) is 0. The van der Waals surface area contributed by atoms with Gasteiger partial charge in [-0.25, -0.2) is 4.98 Å². The first-order valence-corrected chi connectivity index (χ1v) is 8.26. The third-order valence-electron chi connectivity index (χ3n) is 4.90. The van der Waals surface area contributed by atoms with Gasteiger partial charge in [0.1, 0.15) is 17.1 Å². The van der Waals surface area contributed by atoms with Crippen molar-refractivity contribution < 1.29 is 14.3 Å². The van der Waals surface area contributed by atoms with Crippen LogP contribution in [0, 0.1) is 18.3 Å². The van der Waals surface area contributed by atoms with Gasteiger partial charge >= 0.3 is 5.97 Å². The van der Waals surface area contributed by atoms with Gasteiger partial charge in [0.15, 0.2) is 0 Å². The molecule has 1 saturated heterocycles. The summed E-state index contributed by atoms with van der Waals surface area (Å²) < 4.78 is 5.67. The molecular weight excluding hydrogens is 294 g/mol. The van der Waals surface area contributed by atoms with Gasteiger partial charge in [0.25, 0.3) is 5.91 Å². The Labute approximate surface area is 136 Å². The highest BCUT2D eigenvalue weighted by Crippen LogP contribution is 2.50. The number of ether oxygens (including phenoxy) is 1. The van der Waals surface area contributed by atoms with Gasteiger partial charge in [-0.2, -0.15) is 0 Å². The summed E-state index contributed by atoms with van der Waals surface area (Å²) in [5.74, 6) is 0.687. The molecule has 23 heavy (non-hydrogen) atoms. The van der Waals surface area contributed by atoms with Crippen molar-refractivity contribution >= 4 is 11.9 Å². The van der Waals surface area contributed by atoms with Gasteiger partial charge in [0.2, 0.25) is 0 Å². The minimum absolute atomic E-state index is 0.0806. The van der Waals surface area contributed by atoms with Gasteiger partial charge in [-0.05, 0) is 46.5 Å². The number of likely N-dealkylation sites (tertiary alicyclic amines) is 1. The molecule has 0 radical (unpaired) electrons. The average Bonchev–Trinajstić information content (AvgIpc) is 3.08. The van der Waals surface area contributed by atoms with Crippen LogP contribution in [0.4, 0.5) is 0 Å². The van der Waals surface area contributed by atoms with Crippen LogP contribution in [0.5, 0.6) is 0 Å². The van der Waals surface area contributed by atoms with Crippen molar-refractivity contribution in [1.29, 1.82) is 0 Å². The van der Waals surface area contributed by atoms with Crippen LogP contribution in [0.3, 0.4) is 0 Å². The summed E-state index contributed by atoms with van der Waals surface area (Å²) in [5.41, 5.74) is -0.545. The Balaban J connectivity index is 1.79. The average molecular weight is 319 g/mol. The number of rotatable bonds is 2. The number of esters is 1. The minimum atomic E-state index is -0.530. The van der Waals surface area contributed by atoms with Crippen molar-refractivity contribution in [3.63, 3.8) is 0 Å². The lowest BCUT2D eigenvalue weighted by Crippen LogP contribution is -2.41. The van der Waals surface area contributed by atoms with Crippen molar-refractivity contribution in [2.45, 2.75) is 52.6 Å². The molecule has 0 aromatic carbocycles. The Morgan fingerprint density at radius 3 is 2.78 bits per heavy atom. The molecule has 2 heterocycles. The zero-order valence-corrected chi connectivity index (χ0v) is 14.3. The van der Waals surface area contributed by atoms with Crippen molar-refractivity contribution in [2.24, 2.45) is 11.3 Å². The van der Waals surface area contributed by atoms with Gasteiger partial charge in [0, 0.05) is 13.1 Å². The molecule has 0 unspecified atom stereocenters. The first kappa shape index (κ1) is 16.0. The molecule has 6 heteroatoms. The van der Waals surface area contributed by atoms with Gasteiger partial charge in [-0.15, -0.1) is 0 Å². The largest absolute Gasteiger partial charge is 0.459 e. The quantitative estimate of drug-likeness (QED) is 0.849. The number of nitrogens with zero attached hydrogens (tertiary/aromatic N) is 2. The monoisotopic (exact) mass is 319 g/mol. The summed E-state index contributed by atoms with van der Waals surface area (Å²) in [6, 6.07) is 0. The summed E-state index contributed by atoms with van der Waals surface area (Å²) in [4.78, 5) is 34.3. The molecule has 3 rings (SSSR count). The van der Waals surface area contributed by atoms with Crippen molar-refractivity contribution in [3.05, 3.63) is 17.7 Å². The van der Waals surface area contributed by atoms with E-state index in [1.807, 2.05) is 27.7 Å². The Morgan fingerprint density at radius 1 is 1.43 bits per heavy atom. The molecule has 6 nitrogen and oxygen atoms in total. The number of fused-ring (bicyclic) bond motifs is 1. The number of amides is 1. The third kappa shape index (κ3) is 2.86. The van der Waals surface area contributed by atoms with Crippen LogP contribution in [0.15, 0.2) is 6.20 Å². The van der Waals surface area contributed by atoms with E-state index < -0.39 is 11.0 Å². The summed E-state index contributed by atoms with van der Waals surface area (Å²) in [7, 11) is 0. The van der Waals surface area contributed by atoms with E-state index in [0.29, 0.717) is 18.8 Å². The standard InChI is InChI=1S/C17H25N3O3/c1-11-18-8-13(19-11)14(21)20-9-12-6-5-7-17(12,10-20)15(22)23-16(2,3)4/h8,12H,5-7,9-10H2,1-4H3,(H,18,19)/t12-,17+/m0/s1. The molecule has 0 spiro atoms.